The Labute approximate surface area is 222 Å². The van der Waals surface area contributed by atoms with E-state index in [1.54, 1.807) is 21.3 Å². The Kier molecular flexibility index (Phi) is 6.49. The molecule has 0 radical (unpaired) electrons. The molecule has 3 aromatic carbocycles. The molecule has 1 amide bonds. The average molecular weight is 517 g/mol. The van der Waals surface area contributed by atoms with Crippen LogP contribution in [-0.4, -0.2) is 52.0 Å². The highest BCUT2D eigenvalue weighted by atomic mass is 16.7. The van der Waals surface area contributed by atoms with Crippen LogP contribution in [0.5, 0.6) is 28.7 Å². The molecule has 0 aromatic heterocycles. The van der Waals surface area contributed by atoms with E-state index in [1.807, 2.05) is 30.3 Å². The quantitative estimate of drug-likeness (QED) is 0.509. The maximum atomic E-state index is 13.1. The fraction of sp³-hybridized carbons (Fsp3) is 0.367. The summed E-state index contributed by atoms with van der Waals surface area (Å²) in [6.07, 6.45) is 1.22. The topological polar surface area (TPSA) is 78.5 Å². The van der Waals surface area contributed by atoms with Crippen molar-refractivity contribution in [3.8, 4) is 28.7 Å². The minimum Gasteiger partial charge on any atom is -0.497 e. The lowest BCUT2D eigenvalue weighted by molar-refractivity contribution is -0.120. The number of hydrogen-bond donors (Lipinski definition) is 1. The summed E-state index contributed by atoms with van der Waals surface area (Å²) in [4.78, 5) is 15.5. The number of nitrogens with zero attached hydrogens (tertiary/aromatic N) is 1. The first-order valence-corrected chi connectivity index (χ1v) is 12.9. The molecule has 3 aliphatic rings. The second kappa shape index (κ2) is 10.1. The van der Waals surface area contributed by atoms with Gasteiger partial charge in [-0.1, -0.05) is 18.2 Å². The Hall–Kier alpha value is -3.91. The van der Waals surface area contributed by atoms with Gasteiger partial charge in [-0.05, 0) is 59.0 Å². The Morgan fingerprint density at radius 1 is 0.974 bits per heavy atom. The van der Waals surface area contributed by atoms with Crippen molar-refractivity contribution in [2.24, 2.45) is 0 Å². The molecule has 0 fully saturated rings. The molecule has 3 aromatic rings. The number of rotatable bonds is 7. The van der Waals surface area contributed by atoms with Gasteiger partial charge < -0.3 is 29.0 Å². The third-order valence-electron chi connectivity index (χ3n) is 7.88. The number of fused-ring (bicyclic) bond motifs is 5. The van der Waals surface area contributed by atoms with Gasteiger partial charge in [-0.3, -0.25) is 9.69 Å². The number of nitrogens with one attached hydrogen (secondary N) is 1. The van der Waals surface area contributed by atoms with Crippen LogP contribution in [0.2, 0.25) is 0 Å². The monoisotopic (exact) mass is 516 g/mol. The van der Waals surface area contributed by atoms with E-state index in [2.05, 4.69) is 28.4 Å². The summed E-state index contributed by atoms with van der Waals surface area (Å²) < 4.78 is 28.1. The third kappa shape index (κ3) is 4.28. The molecule has 0 aliphatic carbocycles. The van der Waals surface area contributed by atoms with E-state index in [4.69, 9.17) is 23.7 Å². The first kappa shape index (κ1) is 24.4. The highest BCUT2D eigenvalue weighted by Crippen LogP contribution is 2.51. The van der Waals surface area contributed by atoms with Gasteiger partial charge in [-0.15, -0.1) is 0 Å². The number of benzene rings is 3. The van der Waals surface area contributed by atoms with Crippen molar-refractivity contribution in [2.45, 2.75) is 31.3 Å². The maximum absolute atomic E-state index is 13.1. The largest absolute Gasteiger partial charge is 0.497 e. The molecule has 2 atom stereocenters. The van der Waals surface area contributed by atoms with E-state index in [-0.39, 0.29) is 24.7 Å². The molecule has 8 heteroatoms. The average Bonchev–Trinajstić information content (AvgIpc) is 3.41. The molecule has 198 valence electrons. The minimum atomic E-state index is -0.0176. The SMILES string of the molecule is COc1ccc(CC(=O)NCC2c3ccc(OC)c(OC)c3CN3CCc4cc5c(cc4C23)OCO5)cc1. The molecule has 6 rings (SSSR count). The Balaban J connectivity index is 1.34. The van der Waals surface area contributed by atoms with Crippen LogP contribution >= 0.6 is 0 Å². The summed E-state index contributed by atoms with van der Waals surface area (Å²) in [6, 6.07) is 16.0. The third-order valence-corrected chi connectivity index (χ3v) is 7.88. The van der Waals surface area contributed by atoms with Crippen LogP contribution in [0.25, 0.3) is 0 Å². The number of carbonyl (C=O) groups excluding carboxylic acids is 1. The minimum absolute atomic E-state index is 0.0118. The van der Waals surface area contributed by atoms with E-state index in [0.717, 1.165) is 53.6 Å². The molecule has 0 saturated heterocycles. The van der Waals surface area contributed by atoms with Gasteiger partial charge in [0.25, 0.3) is 0 Å². The molecule has 2 unspecified atom stereocenters. The summed E-state index contributed by atoms with van der Waals surface area (Å²) in [7, 11) is 4.98. The lowest BCUT2D eigenvalue weighted by Crippen LogP contribution is -2.45. The van der Waals surface area contributed by atoms with Crippen LogP contribution in [0, 0.1) is 0 Å². The van der Waals surface area contributed by atoms with E-state index in [1.165, 1.54) is 16.7 Å². The molecule has 38 heavy (non-hydrogen) atoms. The van der Waals surface area contributed by atoms with Crippen LogP contribution in [0.4, 0.5) is 0 Å². The number of methoxy groups -OCH3 is 3. The number of hydrogen-bond acceptors (Lipinski definition) is 7. The van der Waals surface area contributed by atoms with Gasteiger partial charge in [-0.2, -0.15) is 0 Å². The highest BCUT2D eigenvalue weighted by Gasteiger charge is 2.42. The Morgan fingerprint density at radius 3 is 2.50 bits per heavy atom. The second-order valence-electron chi connectivity index (χ2n) is 9.87. The molecule has 1 N–H and O–H groups in total. The predicted molar refractivity (Wildman–Crippen MR) is 141 cm³/mol. The molecule has 0 spiro atoms. The Bertz CT molecular complexity index is 1360. The van der Waals surface area contributed by atoms with Gasteiger partial charge in [0, 0.05) is 37.2 Å². The van der Waals surface area contributed by atoms with E-state index in [0.29, 0.717) is 18.7 Å². The molecule has 8 nitrogen and oxygen atoms in total. The Morgan fingerprint density at radius 2 is 1.76 bits per heavy atom. The van der Waals surface area contributed by atoms with Crippen molar-refractivity contribution in [1.82, 2.24) is 10.2 Å². The lowest BCUT2D eigenvalue weighted by atomic mass is 9.76. The zero-order valence-electron chi connectivity index (χ0n) is 21.9. The van der Waals surface area contributed by atoms with Crippen molar-refractivity contribution < 1.29 is 28.5 Å². The van der Waals surface area contributed by atoms with Crippen LogP contribution in [-0.2, 0) is 24.2 Å². The zero-order chi connectivity index (χ0) is 26.2. The van der Waals surface area contributed by atoms with E-state index in [9.17, 15) is 4.79 Å². The normalized spacial score (nSPS) is 19.1. The summed E-state index contributed by atoms with van der Waals surface area (Å²) in [5, 5.41) is 3.23. The van der Waals surface area contributed by atoms with Gasteiger partial charge in [0.2, 0.25) is 12.7 Å². The number of amides is 1. The van der Waals surface area contributed by atoms with Crippen molar-refractivity contribution in [3.63, 3.8) is 0 Å². The molecular weight excluding hydrogens is 484 g/mol. The van der Waals surface area contributed by atoms with Gasteiger partial charge in [0.1, 0.15) is 5.75 Å². The van der Waals surface area contributed by atoms with E-state index >= 15 is 0 Å². The predicted octanol–water partition coefficient (Wildman–Crippen LogP) is 4.00. The first-order valence-electron chi connectivity index (χ1n) is 12.9. The van der Waals surface area contributed by atoms with Crippen LogP contribution < -0.4 is 29.0 Å². The first-order chi connectivity index (χ1) is 18.6. The summed E-state index contributed by atoms with van der Waals surface area (Å²) in [5.74, 6) is 3.83. The molecule has 0 bridgehead atoms. The molecule has 0 saturated carbocycles. The van der Waals surface area contributed by atoms with Gasteiger partial charge in [-0.25, -0.2) is 0 Å². The van der Waals surface area contributed by atoms with Crippen molar-refractivity contribution in [1.29, 1.82) is 0 Å². The standard InChI is InChI=1S/C30H32N2O6/c1-34-20-6-4-18(5-7-20)12-28(33)31-15-23-21-8-9-25(35-2)30(36-3)24(21)16-32-11-10-19-13-26-27(38-17-37-26)14-22(19)29(23)32/h4-9,13-14,23,29H,10-12,15-17H2,1-3H3,(H,31,33). The number of carbonyl (C=O) groups is 1. The summed E-state index contributed by atoms with van der Waals surface area (Å²) >= 11 is 0. The molecule has 3 aliphatic heterocycles. The van der Waals surface area contributed by atoms with Crippen LogP contribution in [0.3, 0.4) is 0 Å². The molecular formula is C30H32N2O6. The maximum Gasteiger partial charge on any atom is 0.231 e. The zero-order valence-corrected chi connectivity index (χ0v) is 21.9. The van der Waals surface area contributed by atoms with Gasteiger partial charge >= 0.3 is 0 Å². The highest BCUT2D eigenvalue weighted by molar-refractivity contribution is 5.78. The smallest absolute Gasteiger partial charge is 0.231 e. The van der Waals surface area contributed by atoms with Gasteiger partial charge in [0.15, 0.2) is 23.0 Å². The fourth-order valence-electron chi connectivity index (χ4n) is 6.07. The van der Waals surface area contributed by atoms with E-state index < -0.39 is 0 Å². The second-order valence-corrected chi connectivity index (χ2v) is 9.87. The van der Waals surface area contributed by atoms with Crippen molar-refractivity contribution >= 4 is 5.91 Å². The molecule has 3 heterocycles. The van der Waals surface area contributed by atoms with Crippen LogP contribution in [0.15, 0.2) is 48.5 Å². The summed E-state index contributed by atoms with van der Waals surface area (Å²) in [5.41, 5.74) is 5.72. The van der Waals surface area contributed by atoms with Crippen molar-refractivity contribution in [2.75, 3.05) is 41.2 Å². The number of ether oxygens (including phenoxy) is 5. The fourth-order valence-corrected chi connectivity index (χ4v) is 6.07. The van der Waals surface area contributed by atoms with Gasteiger partial charge in [0.05, 0.1) is 27.8 Å². The van der Waals surface area contributed by atoms with Crippen LogP contribution in [0.1, 0.15) is 39.8 Å². The lowest BCUT2D eigenvalue weighted by Gasteiger charge is -2.46. The summed E-state index contributed by atoms with van der Waals surface area (Å²) in [6.45, 7) is 2.38. The van der Waals surface area contributed by atoms with Crippen molar-refractivity contribution in [3.05, 3.63) is 76.3 Å².